The van der Waals surface area contributed by atoms with E-state index in [9.17, 15) is 13.2 Å². The Morgan fingerprint density at radius 1 is 1.11 bits per heavy atom. The SMILES string of the molecule is C=CC[C@@]1(C)C[C@H](c2cccc(Cl)c2)[C@@H](c2ccc(Cl)cc2)N([C@@H](CC)CCC(C)S(=O)(=O)NCC)C1=O. The maximum atomic E-state index is 14.4. The number of carbonyl (C=O) groups is 1. The predicted molar refractivity (Wildman–Crippen MR) is 158 cm³/mol. The van der Waals surface area contributed by atoms with Crippen molar-refractivity contribution < 1.29 is 13.2 Å². The molecule has 1 N–H and O–H groups in total. The number of hydrogen-bond acceptors (Lipinski definition) is 3. The molecule has 0 spiro atoms. The number of hydrogen-bond donors (Lipinski definition) is 1. The fraction of sp³-hybridized carbons (Fsp3) is 0.500. The second kappa shape index (κ2) is 13.0. The molecule has 1 unspecified atom stereocenters. The Labute approximate surface area is 238 Å². The Morgan fingerprint density at radius 3 is 2.37 bits per heavy atom. The monoisotopic (exact) mass is 578 g/mol. The molecule has 1 aliphatic heterocycles. The molecule has 8 heteroatoms. The molecular weight excluding hydrogens is 539 g/mol. The van der Waals surface area contributed by atoms with Crippen LogP contribution in [0.2, 0.25) is 10.0 Å². The van der Waals surface area contributed by atoms with Crippen molar-refractivity contribution in [1.29, 1.82) is 0 Å². The smallest absolute Gasteiger partial charge is 0.229 e. The van der Waals surface area contributed by atoms with E-state index in [4.69, 9.17) is 23.2 Å². The molecule has 2 aromatic carbocycles. The van der Waals surface area contributed by atoms with E-state index in [0.717, 1.165) is 11.1 Å². The number of allylic oxidation sites excluding steroid dienone is 1. The molecule has 0 radical (unpaired) electrons. The normalized spacial score (nSPS) is 23.7. The van der Waals surface area contributed by atoms with Crippen LogP contribution in [0.3, 0.4) is 0 Å². The van der Waals surface area contributed by atoms with E-state index in [1.165, 1.54) is 0 Å². The van der Waals surface area contributed by atoms with Crippen LogP contribution in [0.1, 0.15) is 82.9 Å². The Bertz CT molecular complexity index is 1220. The lowest BCUT2D eigenvalue weighted by Crippen LogP contribution is -2.55. The number of rotatable bonds is 12. The molecule has 1 amide bonds. The van der Waals surface area contributed by atoms with E-state index in [-0.39, 0.29) is 23.9 Å². The molecule has 1 aliphatic rings. The summed E-state index contributed by atoms with van der Waals surface area (Å²) in [6.45, 7) is 11.9. The molecule has 1 saturated heterocycles. The second-order valence-electron chi connectivity index (χ2n) is 10.6. The summed E-state index contributed by atoms with van der Waals surface area (Å²) in [5, 5.41) is 0.724. The number of benzene rings is 2. The van der Waals surface area contributed by atoms with Gasteiger partial charge in [-0.2, -0.15) is 0 Å². The van der Waals surface area contributed by atoms with Crippen molar-refractivity contribution in [1.82, 2.24) is 9.62 Å². The summed E-state index contributed by atoms with van der Waals surface area (Å²) in [7, 11) is -3.41. The zero-order chi connectivity index (χ0) is 28.1. The van der Waals surface area contributed by atoms with E-state index >= 15 is 0 Å². The lowest BCUT2D eigenvalue weighted by atomic mass is 9.67. The average molecular weight is 580 g/mol. The molecule has 2 aromatic rings. The molecular formula is C30H40Cl2N2O3S. The summed E-state index contributed by atoms with van der Waals surface area (Å²) >= 11 is 12.7. The standard InChI is InChI=1S/C30H40Cl2N2O3S/c1-6-18-30(5)20-27(23-10-9-11-25(32)19-23)28(22-13-15-24(31)16-14-22)34(29(30)35)26(7-2)17-12-21(4)38(36,37)33-8-3/h6,9-11,13-16,19,21,26-28,33H,1,7-8,12,17-18,20H2,2-5H3/t21?,26-,27+,28+,30-/m0/s1. The van der Waals surface area contributed by atoms with Crippen molar-refractivity contribution in [2.75, 3.05) is 6.54 Å². The number of carbonyl (C=O) groups excluding carboxylic acids is 1. The fourth-order valence-corrected chi connectivity index (χ4v) is 7.21. The molecule has 3 rings (SSSR count). The lowest BCUT2D eigenvalue weighted by Gasteiger charge is -2.52. The van der Waals surface area contributed by atoms with Gasteiger partial charge in [0.15, 0.2) is 0 Å². The van der Waals surface area contributed by atoms with E-state index in [2.05, 4.69) is 24.3 Å². The first-order valence-electron chi connectivity index (χ1n) is 13.4. The van der Waals surface area contributed by atoms with Gasteiger partial charge < -0.3 is 4.90 Å². The molecule has 1 fully saturated rings. The molecule has 208 valence electrons. The van der Waals surface area contributed by atoms with Gasteiger partial charge in [-0.15, -0.1) is 6.58 Å². The van der Waals surface area contributed by atoms with Gasteiger partial charge in [-0.25, -0.2) is 13.1 Å². The molecule has 0 aliphatic carbocycles. The number of halogens is 2. The van der Waals surface area contributed by atoms with Gasteiger partial charge in [0.2, 0.25) is 15.9 Å². The van der Waals surface area contributed by atoms with E-state index in [1.54, 1.807) is 13.8 Å². The molecule has 0 bridgehead atoms. The highest BCUT2D eigenvalue weighted by Gasteiger charge is 2.50. The molecule has 5 nitrogen and oxygen atoms in total. The highest BCUT2D eigenvalue weighted by molar-refractivity contribution is 7.90. The number of amides is 1. The number of piperidine rings is 1. The van der Waals surface area contributed by atoms with Gasteiger partial charge in [-0.05, 0) is 74.4 Å². The molecule has 1 heterocycles. The van der Waals surface area contributed by atoms with Crippen LogP contribution < -0.4 is 4.72 Å². The van der Waals surface area contributed by atoms with Gasteiger partial charge >= 0.3 is 0 Å². The van der Waals surface area contributed by atoms with Gasteiger partial charge in [0, 0.05) is 28.5 Å². The maximum absolute atomic E-state index is 14.4. The van der Waals surface area contributed by atoms with Crippen molar-refractivity contribution in [3.8, 4) is 0 Å². The largest absolute Gasteiger partial charge is 0.332 e. The fourth-order valence-electron chi connectivity index (χ4n) is 5.75. The van der Waals surface area contributed by atoms with Crippen molar-refractivity contribution in [3.63, 3.8) is 0 Å². The number of nitrogens with one attached hydrogen (secondary N) is 1. The van der Waals surface area contributed by atoms with Crippen LogP contribution >= 0.6 is 23.2 Å². The van der Waals surface area contributed by atoms with Crippen molar-refractivity contribution in [3.05, 3.63) is 82.4 Å². The number of likely N-dealkylation sites (tertiary alicyclic amines) is 1. The number of sulfonamides is 1. The van der Waals surface area contributed by atoms with Crippen molar-refractivity contribution >= 4 is 39.1 Å². The van der Waals surface area contributed by atoms with Crippen LogP contribution in [0.25, 0.3) is 0 Å². The second-order valence-corrected chi connectivity index (χ2v) is 13.7. The lowest BCUT2D eigenvalue weighted by molar-refractivity contribution is -0.154. The summed E-state index contributed by atoms with van der Waals surface area (Å²) in [4.78, 5) is 16.4. The maximum Gasteiger partial charge on any atom is 0.229 e. The molecule has 0 aromatic heterocycles. The summed E-state index contributed by atoms with van der Waals surface area (Å²) in [5.74, 6) is 0.0548. The topological polar surface area (TPSA) is 66.5 Å². The first-order chi connectivity index (χ1) is 18.0. The third kappa shape index (κ3) is 6.82. The minimum Gasteiger partial charge on any atom is -0.332 e. The Kier molecular flexibility index (Phi) is 10.5. The Balaban J connectivity index is 2.12. The van der Waals surface area contributed by atoms with Crippen LogP contribution in [-0.2, 0) is 14.8 Å². The van der Waals surface area contributed by atoms with Gasteiger partial charge in [0.1, 0.15) is 0 Å². The summed E-state index contributed by atoms with van der Waals surface area (Å²) in [6, 6.07) is 15.2. The van der Waals surface area contributed by atoms with Crippen LogP contribution in [0.15, 0.2) is 61.2 Å². The van der Waals surface area contributed by atoms with Crippen LogP contribution in [0.5, 0.6) is 0 Å². The first kappa shape index (κ1) is 30.7. The minimum absolute atomic E-state index is 0.0190. The van der Waals surface area contributed by atoms with Crippen molar-refractivity contribution in [2.45, 2.75) is 83.1 Å². The molecule has 0 saturated carbocycles. The van der Waals surface area contributed by atoms with E-state index < -0.39 is 20.7 Å². The van der Waals surface area contributed by atoms with Gasteiger partial charge in [-0.3, -0.25) is 4.79 Å². The minimum atomic E-state index is -3.41. The summed E-state index contributed by atoms with van der Waals surface area (Å²) in [5.41, 5.74) is 1.43. The van der Waals surface area contributed by atoms with E-state index in [1.807, 2.05) is 60.4 Å². The summed E-state index contributed by atoms with van der Waals surface area (Å²) in [6.07, 6.45) is 4.74. The van der Waals surface area contributed by atoms with Gasteiger partial charge in [-0.1, -0.05) is 74.3 Å². The highest BCUT2D eigenvalue weighted by atomic mass is 35.5. The highest BCUT2D eigenvalue weighted by Crippen LogP contribution is 2.52. The Morgan fingerprint density at radius 2 is 1.79 bits per heavy atom. The van der Waals surface area contributed by atoms with Crippen LogP contribution in [0.4, 0.5) is 0 Å². The van der Waals surface area contributed by atoms with E-state index in [0.29, 0.717) is 48.7 Å². The van der Waals surface area contributed by atoms with Gasteiger partial charge in [0.25, 0.3) is 0 Å². The third-order valence-electron chi connectivity index (χ3n) is 7.83. The number of nitrogens with zero attached hydrogens (tertiary/aromatic N) is 1. The van der Waals surface area contributed by atoms with Gasteiger partial charge in [0.05, 0.1) is 16.7 Å². The van der Waals surface area contributed by atoms with Crippen LogP contribution in [0, 0.1) is 5.41 Å². The quantitative estimate of drug-likeness (QED) is 0.265. The third-order valence-corrected chi connectivity index (χ3v) is 10.3. The summed E-state index contributed by atoms with van der Waals surface area (Å²) < 4.78 is 27.8. The zero-order valence-corrected chi connectivity index (χ0v) is 25.1. The van der Waals surface area contributed by atoms with Crippen LogP contribution in [-0.4, -0.2) is 37.1 Å². The Hall–Kier alpha value is -1.86. The first-order valence-corrected chi connectivity index (χ1v) is 15.7. The average Bonchev–Trinajstić information content (AvgIpc) is 2.87. The zero-order valence-electron chi connectivity index (χ0n) is 22.8. The molecule has 5 atom stereocenters. The predicted octanol–water partition coefficient (Wildman–Crippen LogP) is 7.52. The van der Waals surface area contributed by atoms with Crippen molar-refractivity contribution in [2.24, 2.45) is 5.41 Å². The molecule has 38 heavy (non-hydrogen) atoms.